The fourth-order valence-corrected chi connectivity index (χ4v) is 3.18. The topological polar surface area (TPSA) is 83.6 Å². The van der Waals surface area contributed by atoms with Crippen molar-refractivity contribution in [3.05, 3.63) is 0 Å². The van der Waals surface area contributed by atoms with Crippen LogP contribution >= 0.6 is 0 Å². The van der Waals surface area contributed by atoms with Gasteiger partial charge in [0.2, 0.25) is 5.91 Å². The molecule has 1 aliphatic rings. The van der Waals surface area contributed by atoms with Gasteiger partial charge < -0.3 is 15.7 Å². The van der Waals surface area contributed by atoms with Crippen molar-refractivity contribution in [2.45, 2.75) is 52.9 Å². The molecule has 1 fully saturated rings. The number of likely N-dealkylation sites (tertiary alicyclic amines) is 1. The number of aliphatic carboxylic acids is 1. The highest BCUT2D eigenvalue weighted by Gasteiger charge is 2.45. The van der Waals surface area contributed by atoms with E-state index in [0.717, 1.165) is 6.42 Å². The summed E-state index contributed by atoms with van der Waals surface area (Å²) in [5.74, 6) is -0.757. The van der Waals surface area contributed by atoms with Crippen molar-refractivity contribution in [1.29, 1.82) is 0 Å². The highest BCUT2D eigenvalue weighted by Crippen LogP contribution is 2.36. The Balaban J connectivity index is 2.96. The zero-order valence-corrected chi connectivity index (χ0v) is 12.9. The molecule has 1 heterocycles. The Labute approximate surface area is 121 Å². The Morgan fingerprint density at radius 3 is 2.30 bits per heavy atom. The second kappa shape index (κ2) is 6.57. The molecule has 1 amide bonds. The van der Waals surface area contributed by atoms with Crippen LogP contribution in [0, 0.1) is 10.8 Å². The molecule has 0 aromatic rings. The van der Waals surface area contributed by atoms with Crippen molar-refractivity contribution < 1.29 is 14.7 Å². The van der Waals surface area contributed by atoms with Gasteiger partial charge in [0.15, 0.2) is 0 Å². The van der Waals surface area contributed by atoms with Crippen LogP contribution in [-0.4, -0.2) is 41.5 Å². The zero-order valence-electron chi connectivity index (χ0n) is 12.9. The third-order valence-electron chi connectivity index (χ3n) is 5.19. The second-order valence-electron chi connectivity index (χ2n) is 5.96. The molecule has 5 nitrogen and oxygen atoms in total. The van der Waals surface area contributed by atoms with E-state index in [1.54, 1.807) is 4.90 Å². The lowest BCUT2D eigenvalue weighted by molar-refractivity contribution is -0.158. The fourth-order valence-electron chi connectivity index (χ4n) is 3.18. The number of carboxylic acid groups (broad SMARTS) is 1. The summed E-state index contributed by atoms with van der Waals surface area (Å²) in [6.45, 7) is 7.12. The molecule has 3 N–H and O–H groups in total. The molecule has 0 bridgehead atoms. The van der Waals surface area contributed by atoms with Crippen molar-refractivity contribution >= 4 is 11.9 Å². The molecule has 0 aromatic carbocycles. The number of piperidine rings is 1. The lowest BCUT2D eigenvalue weighted by atomic mass is 9.75. The smallest absolute Gasteiger partial charge is 0.311 e. The standard InChI is InChI=1S/C15H28N2O3/c1-4-14(5-2,10-16)12(18)17-9-7-8-15(6-3,11-17)13(19)20/h4-11,16H2,1-3H3,(H,19,20). The summed E-state index contributed by atoms with van der Waals surface area (Å²) in [6, 6.07) is 0. The lowest BCUT2D eigenvalue weighted by Gasteiger charge is -2.43. The van der Waals surface area contributed by atoms with Crippen molar-refractivity contribution in [3.8, 4) is 0 Å². The predicted molar refractivity (Wildman–Crippen MR) is 78.2 cm³/mol. The van der Waals surface area contributed by atoms with E-state index < -0.39 is 16.8 Å². The van der Waals surface area contributed by atoms with Gasteiger partial charge in [0.25, 0.3) is 0 Å². The second-order valence-corrected chi connectivity index (χ2v) is 5.96. The van der Waals surface area contributed by atoms with E-state index in [1.807, 2.05) is 20.8 Å². The van der Waals surface area contributed by atoms with Gasteiger partial charge in [-0.15, -0.1) is 0 Å². The Hall–Kier alpha value is -1.10. The molecule has 1 saturated heterocycles. The van der Waals surface area contributed by atoms with Gasteiger partial charge in [-0.2, -0.15) is 0 Å². The molecule has 0 spiro atoms. The third kappa shape index (κ3) is 2.82. The molecule has 0 aliphatic carbocycles. The summed E-state index contributed by atoms with van der Waals surface area (Å²) in [4.78, 5) is 26.1. The number of hydrogen-bond acceptors (Lipinski definition) is 3. The Kier molecular flexibility index (Phi) is 5.57. The minimum Gasteiger partial charge on any atom is -0.481 e. The zero-order chi connectivity index (χ0) is 15.4. The number of carbonyl (C=O) groups excluding carboxylic acids is 1. The number of nitrogens with two attached hydrogens (primary N) is 1. The molecule has 0 saturated carbocycles. The summed E-state index contributed by atoms with van der Waals surface area (Å²) in [5.41, 5.74) is 4.52. The Morgan fingerprint density at radius 1 is 1.30 bits per heavy atom. The van der Waals surface area contributed by atoms with Gasteiger partial charge in [0, 0.05) is 19.6 Å². The molecule has 116 valence electrons. The molecule has 0 aromatic heterocycles. The summed E-state index contributed by atoms with van der Waals surface area (Å²) < 4.78 is 0. The van der Waals surface area contributed by atoms with Gasteiger partial charge in [-0.25, -0.2) is 0 Å². The van der Waals surface area contributed by atoms with Crippen LogP contribution in [0.4, 0.5) is 0 Å². The van der Waals surface area contributed by atoms with Crippen molar-refractivity contribution in [2.75, 3.05) is 19.6 Å². The van der Waals surface area contributed by atoms with Crippen LogP contribution in [0.1, 0.15) is 52.9 Å². The van der Waals surface area contributed by atoms with E-state index in [4.69, 9.17) is 5.73 Å². The van der Waals surface area contributed by atoms with E-state index in [1.165, 1.54) is 0 Å². The summed E-state index contributed by atoms with van der Waals surface area (Å²) in [7, 11) is 0. The molecule has 1 aliphatic heterocycles. The molecule has 1 unspecified atom stereocenters. The number of amides is 1. The number of nitrogens with zero attached hydrogens (tertiary/aromatic N) is 1. The van der Waals surface area contributed by atoms with Crippen LogP contribution in [0.15, 0.2) is 0 Å². The minimum atomic E-state index is -0.788. The van der Waals surface area contributed by atoms with Crippen molar-refractivity contribution in [2.24, 2.45) is 16.6 Å². The van der Waals surface area contributed by atoms with Crippen LogP contribution in [0.25, 0.3) is 0 Å². The van der Waals surface area contributed by atoms with Gasteiger partial charge in [-0.05, 0) is 32.1 Å². The monoisotopic (exact) mass is 284 g/mol. The highest BCUT2D eigenvalue weighted by molar-refractivity contribution is 5.84. The Bertz CT molecular complexity index is 358. The van der Waals surface area contributed by atoms with Crippen LogP contribution < -0.4 is 5.73 Å². The number of rotatable bonds is 6. The summed E-state index contributed by atoms with van der Waals surface area (Å²) >= 11 is 0. The first-order chi connectivity index (χ1) is 9.41. The number of carboxylic acids is 1. The fraction of sp³-hybridized carbons (Fsp3) is 0.867. The first-order valence-electron chi connectivity index (χ1n) is 7.64. The van der Waals surface area contributed by atoms with E-state index in [-0.39, 0.29) is 5.91 Å². The maximum absolute atomic E-state index is 12.8. The van der Waals surface area contributed by atoms with Crippen LogP contribution in [0.3, 0.4) is 0 Å². The predicted octanol–water partition coefficient (Wildman–Crippen LogP) is 1.85. The van der Waals surface area contributed by atoms with Crippen LogP contribution in [-0.2, 0) is 9.59 Å². The molecule has 5 heteroatoms. The lowest BCUT2D eigenvalue weighted by Crippen LogP contribution is -2.55. The van der Waals surface area contributed by atoms with Crippen molar-refractivity contribution in [1.82, 2.24) is 4.90 Å². The van der Waals surface area contributed by atoms with Gasteiger partial charge in [-0.1, -0.05) is 20.8 Å². The number of carbonyl (C=O) groups is 2. The molecule has 0 radical (unpaired) electrons. The minimum absolute atomic E-state index is 0.0313. The molecule has 20 heavy (non-hydrogen) atoms. The SMILES string of the molecule is CCC1(C(=O)O)CCCN(C(=O)C(CC)(CC)CN)C1. The van der Waals surface area contributed by atoms with Gasteiger partial charge in [-0.3, -0.25) is 9.59 Å². The van der Waals surface area contributed by atoms with E-state index in [2.05, 4.69) is 0 Å². The van der Waals surface area contributed by atoms with E-state index >= 15 is 0 Å². The molecular weight excluding hydrogens is 256 g/mol. The maximum atomic E-state index is 12.8. The van der Waals surface area contributed by atoms with E-state index in [0.29, 0.717) is 45.3 Å². The average Bonchev–Trinajstić information content (AvgIpc) is 2.49. The highest BCUT2D eigenvalue weighted by atomic mass is 16.4. The normalized spacial score (nSPS) is 23.7. The van der Waals surface area contributed by atoms with Crippen LogP contribution in [0.2, 0.25) is 0 Å². The average molecular weight is 284 g/mol. The van der Waals surface area contributed by atoms with Crippen molar-refractivity contribution in [3.63, 3.8) is 0 Å². The van der Waals surface area contributed by atoms with Gasteiger partial charge in [0.05, 0.1) is 10.8 Å². The molecular formula is C15H28N2O3. The summed E-state index contributed by atoms with van der Waals surface area (Å²) in [6.07, 6.45) is 3.35. The number of hydrogen-bond donors (Lipinski definition) is 2. The molecule has 1 atom stereocenters. The third-order valence-corrected chi connectivity index (χ3v) is 5.19. The van der Waals surface area contributed by atoms with E-state index in [9.17, 15) is 14.7 Å². The quantitative estimate of drug-likeness (QED) is 0.779. The first-order valence-corrected chi connectivity index (χ1v) is 7.64. The van der Waals surface area contributed by atoms with Gasteiger partial charge >= 0.3 is 5.97 Å². The summed E-state index contributed by atoms with van der Waals surface area (Å²) in [5, 5.41) is 9.50. The largest absolute Gasteiger partial charge is 0.481 e. The molecule has 1 rings (SSSR count). The maximum Gasteiger partial charge on any atom is 0.311 e. The van der Waals surface area contributed by atoms with Crippen LogP contribution in [0.5, 0.6) is 0 Å². The first kappa shape index (κ1) is 17.0. The van der Waals surface area contributed by atoms with Gasteiger partial charge in [0.1, 0.15) is 0 Å². The Morgan fingerprint density at radius 2 is 1.90 bits per heavy atom.